The molecule has 0 spiro atoms. The molecule has 0 aromatic rings. The van der Waals surface area contributed by atoms with Crippen molar-refractivity contribution in [3.63, 3.8) is 0 Å². The zero-order valence-electron chi connectivity index (χ0n) is 11.6. The van der Waals surface area contributed by atoms with Crippen molar-refractivity contribution in [2.24, 2.45) is 5.41 Å². The SMILES string of the molecule is C=CCC[C@@]1(C)C=C(C[Si](C)(C)C)CCC1. The maximum absolute atomic E-state index is 3.84. The number of allylic oxidation sites excluding steroid dienone is 3. The highest BCUT2D eigenvalue weighted by molar-refractivity contribution is 6.76. The van der Waals surface area contributed by atoms with Gasteiger partial charge in [-0.25, -0.2) is 0 Å². The van der Waals surface area contributed by atoms with Crippen LogP contribution in [-0.2, 0) is 0 Å². The van der Waals surface area contributed by atoms with Crippen LogP contribution in [0.15, 0.2) is 24.3 Å². The Morgan fingerprint density at radius 1 is 1.44 bits per heavy atom. The van der Waals surface area contributed by atoms with Crippen LogP contribution in [0, 0.1) is 5.41 Å². The van der Waals surface area contributed by atoms with E-state index >= 15 is 0 Å². The van der Waals surface area contributed by atoms with Gasteiger partial charge in [0.05, 0.1) is 0 Å². The molecule has 92 valence electrons. The summed E-state index contributed by atoms with van der Waals surface area (Å²) in [5.41, 5.74) is 2.21. The highest BCUT2D eigenvalue weighted by Gasteiger charge is 2.26. The summed E-state index contributed by atoms with van der Waals surface area (Å²) in [6.45, 7) is 13.7. The van der Waals surface area contributed by atoms with Gasteiger partial charge in [0.15, 0.2) is 0 Å². The largest absolute Gasteiger partial charge is 0.103 e. The van der Waals surface area contributed by atoms with Crippen LogP contribution in [0.3, 0.4) is 0 Å². The van der Waals surface area contributed by atoms with Crippen LogP contribution in [0.25, 0.3) is 0 Å². The van der Waals surface area contributed by atoms with Gasteiger partial charge in [-0.15, -0.1) is 6.58 Å². The van der Waals surface area contributed by atoms with Crippen molar-refractivity contribution in [3.8, 4) is 0 Å². The summed E-state index contributed by atoms with van der Waals surface area (Å²) < 4.78 is 0. The lowest BCUT2D eigenvalue weighted by atomic mass is 9.75. The maximum Gasteiger partial charge on any atom is 0.0483 e. The summed E-state index contributed by atoms with van der Waals surface area (Å²) in [4.78, 5) is 0. The maximum atomic E-state index is 3.84. The van der Waals surface area contributed by atoms with E-state index in [4.69, 9.17) is 0 Å². The molecule has 0 saturated carbocycles. The molecule has 0 fully saturated rings. The van der Waals surface area contributed by atoms with Crippen molar-refractivity contribution in [2.45, 2.75) is 64.7 Å². The Bertz CT molecular complexity index is 270. The molecule has 1 rings (SSSR count). The van der Waals surface area contributed by atoms with Crippen molar-refractivity contribution >= 4 is 8.07 Å². The first kappa shape index (κ1) is 13.8. The summed E-state index contributed by atoms with van der Waals surface area (Å²) in [5, 5.41) is 0. The third-order valence-electron chi connectivity index (χ3n) is 3.48. The van der Waals surface area contributed by atoms with E-state index < -0.39 is 8.07 Å². The molecule has 0 unspecified atom stereocenters. The fourth-order valence-corrected chi connectivity index (χ4v) is 4.45. The van der Waals surface area contributed by atoms with Crippen molar-refractivity contribution in [3.05, 3.63) is 24.3 Å². The van der Waals surface area contributed by atoms with Gasteiger partial charge >= 0.3 is 0 Å². The molecule has 0 aromatic carbocycles. The first-order chi connectivity index (χ1) is 7.35. The average Bonchev–Trinajstić information content (AvgIpc) is 2.12. The van der Waals surface area contributed by atoms with Gasteiger partial charge in [0.25, 0.3) is 0 Å². The molecular formula is C15H28Si. The van der Waals surface area contributed by atoms with Gasteiger partial charge in [-0.3, -0.25) is 0 Å². The predicted octanol–water partition coefficient (Wildman–Crippen LogP) is 5.41. The molecule has 0 N–H and O–H groups in total. The second-order valence-electron chi connectivity index (χ2n) is 6.87. The topological polar surface area (TPSA) is 0 Å². The van der Waals surface area contributed by atoms with Crippen LogP contribution < -0.4 is 0 Å². The Balaban J connectivity index is 2.67. The predicted molar refractivity (Wildman–Crippen MR) is 77.6 cm³/mol. The standard InChI is InChI=1S/C15H28Si/c1-6-7-10-15(2)11-8-9-14(12-15)13-16(3,4)5/h6,12H,1,7-11,13H2,2-5H3/t15-/m1/s1. The van der Waals surface area contributed by atoms with Gasteiger partial charge in [0.2, 0.25) is 0 Å². The van der Waals surface area contributed by atoms with E-state index in [2.05, 4.69) is 45.3 Å². The van der Waals surface area contributed by atoms with Crippen LogP contribution in [0.4, 0.5) is 0 Å². The smallest absolute Gasteiger partial charge is 0.0483 e. The van der Waals surface area contributed by atoms with Gasteiger partial charge in [-0.05, 0) is 43.6 Å². The van der Waals surface area contributed by atoms with Crippen LogP contribution in [-0.4, -0.2) is 8.07 Å². The Hall–Kier alpha value is -0.303. The van der Waals surface area contributed by atoms with Crippen LogP contribution >= 0.6 is 0 Å². The second-order valence-corrected chi connectivity index (χ2v) is 12.3. The minimum atomic E-state index is -0.927. The molecule has 1 atom stereocenters. The van der Waals surface area contributed by atoms with E-state index in [9.17, 15) is 0 Å². The van der Waals surface area contributed by atoms with Crippen molar-refractivity contribution in [2.75, 3.05) is 0 Å². The molecule has 0 amide bonds. The fourth-order valence-electron chi connectivity index (χ4n) is 2.81. The normalized spacial score (nSPS) is 26.4. The summed E-state index contributed by atoms with van der Waals surface area (Å²) in [6.07, 6.45) is 11.2. The number of hydrogen-bond acceptors (Lipinski definition) is 0. The quantitative estimate of drug-likeness (QED) is 0.442. The van der Waals surface area contributed by atoms with Crippen molar-refractivity contribution in [1.82, 2.24) is 0 Å². The summed E-state index contributed by atoms with van der Waals surface area (Å²) >= 11 is 0. The van der Waals surface area contributed by atoms with Crippen molar-refractivity contribution in [1.29, 1.82) is 0 Å². The van der Waals surface area contributed by atoms with Gasteiger partial charge in [0, 0.05) is 8.07 Å². The molecule has 0 nitrogen and oxygen atoms in total. The van der Waals surface area contributed by atoms with E-state index in [0.717, 1.165) is 6.42 Å². The van der Waals surface area contributed by atoms with Gasteiger partial charge in [-0.1, -0.05) is 44.3 Å². The molecule has 0 bridgehead atoms. The summed E-state index contributed by atoms with van der Waals surface area (Å²) in [6, 6.07) is 1.40. The molecule has 0 heterocycles. The third-order valence-corrected chi connectivity index (χ3v) is 4.99. The highest BCUT2D eigenvalue weighted by Crippen LogP contribution is 2.39. The lowest BCUT2D eigenvalue weighted by Gasteiger charge is -2.33. The first-order valence-electron chi connectivity index (χ1n) is 6.66. The summed E-state index contributed by atoms with van der Waals surface area (Å²) in [7, 11) is -0.927. The lowest BCUT2D eigenvalue weighted by Crippen LogP contribution is -2.24. The minimum absolute atomic E-state index is 0.460. The minimum Gasteiger partial charge on any atom is -0.103 e. The van der Waals surface area contributed by atoms with Gasteiger partial charge in [-0.2, -0.15) is 0 Å². The van der Waals surface area contributed by atoms with Crippen LogP contribution in [0.5, 0.6) is 0 Å². The Morgan fingerprint density at radius 3 is 2.69 bits per heavy atom. The fraction of sp³-hybridized carbons (Fsp3) is 0.733. The van der Waals surface area contributed by atoms with Crippen LogP contribution in [0.2, 0.25) is 25.7 Å². The zero-order chi connectivity index (χ0) is 12.2. The Labute approximate surface area is 103 Å². The van der Waals surface area contributed by atoms with Gasteiger partial charge in [0.1, 0.15) is 0 Å². The molecule has 1 heteroatoms. The number of hydrogen-bond donors (Lipinski definition) is 0. The molecule has 1 aliphatic carbocycles. The molecule has 0 aromatic heterocycles. The van der Waals surface area contributed by atoms with E-state index in [1.165, 1.54) is 31.7 Å². The van der Waals surface area contributed by atoms with Crippen molar-refractivity contribution < 1.29 is 0 Å². The molecule has 1 aliphatic rings. The average molecular weight is 236 g/mol. The van der Waals surface area contributed by atoms with Gasteiger partial charge < -0.3 is 0 Å². The molecule has 0 saturated heterocycles. The van der Waals surface area contributed by atoms with E-state index in [0.29, 0.717) is 5.41 Å². The van der Waals surface area contributed by atoms with E-state index in [1.807, 2.05) is 0 Å². The van der Waals surface area contributed by atoms with E-state index in [-0.39, 0.29) is 0 Å². The summed E-state index contributed by atoms with van der Waals surface area (Å²) in [5.74, 6) is 0. The second kappa shape index (κ2) is 5.35. The zero-order valence-corrected chi connectivity index (χ0v) is 12.6. The lowest BCUT2D eigenvalue weighted by molar-refractivity contribution is 0.334. The Morgan fingerprint density at radius 2 is 2.12 bits per heavy atom. The third kappa shape index (κ3) is 4.69. The highest BCUT2D eigenvalue weighted by atomic mass is 28.3. The van der Waals surface area contributed by atoms with Crippen LogP contribution in [0.1, 0.15) is 39.0 Å². The molecule has 16 heavy (non-hydrogen) atoms. The molecular weight excluding hydrogens is 208 g/mol. The molecule has 0 radical (unpaired) electrons. The number of rotatable bonds is 5. The van der Waals surface area contributed by atoms with E-state index in [1.54, 1.807) is 5.57 Å². The first-order valence-corrected chi connectivity index (χ1v) is 10.4. The Kier molecular flexibility index (Phi) is 4.60. The monoisotopic (exact) mass is 236 g/mol. The molecule has 0 aliphatic heterocycles.